The Bertz CT molecular complexity index is 152. The number of carbonyl (C=O) groups is 1. The smallest absolute Gasteiger partial charge is 0.234 e. The topological polar surface area (TPSA) is 58.4 Å². The van der Waals surface area contributed by atoms with Gasteiger partial charge in [0.25, 0.3) is 0 Å². The second-order valence-corrected chi connectivity index (χ2v) is 3.22. The highest BCUT2D eigenvalue weighted by Crippen LogP contribution is 2.01. The third-order valence-electron chi connectivity index (χ3n) is 2.33. The molecule has 12 heavy (non-hydrogen) atoms. The summed E-state index contributed by atoms with van der Waals surface area (Å²) in [6.45, 7) is 5.76. The Hall–Kier alpha value is -0.610. The zero-order chi connectivity index (χ0) is 8.97. The second-order valence-electron chi connectivity index (χ2n) is 3.22. The van der Waals surface area contributed by atoms with Gasteiger partial charge in [0.15, 0.2) is 0 Å². The molecule has 1 heterocycles. The summed E-state index contributed by atoms with van der Waals surface area (Å²) in [5, 5.41) is 3.28. The van der Waals surface area contributed by atoms with Gasteiger partial charge in [-0.3, -0.25) is 9.69 Å². The summed E-state index contributed by atoms with van der Waals surface area (Å²) >= 11 is 0. The Morgan fingerprint density at radius 1 is 1.50 bits per heavy atom. The van der Waals surface area contributed by atoms with Gasteiger partial charge in [0.2, 0.25) is 5.91 Å². The summed E-state index contributed by atoms with van der Waals surface area (Å²) in [6, 6.07) is -0.120. The molecule has 0 bridgehead atoms. The van der Waals surface area contributed by atoms with E-state index in [-0.39, 0.29) is 11.9 Å². The Kier molecular flexibility index (Phi) is 3.49. The highest BCUT2D eigenvalue weighted by atomic mass is 16.1. The molecule has 0 aromatic carbocycles. The van der Waals surface area contributed by atoms with Gasteiger partial charge in [-0.2, -0.15) is 0 Å². The molecule has 0 aromatic heterocycles. The molecule has 1 aliphatic heterocycles. The van der Waals surface area contributed by atoms with Crippen molar-refractivity contribution in [2.75, 3.05) is 26.2 Å². The monoisotopic (exact) mass is 171 g/mol. The van der Waals surface area contributed by atoms with Crippen LogP contribution in [0.2, 0.25) is 0 Å². The van der Waals surface area contributed by atoms with E-state index in [1.54, 1.807) is 0 Å². The van der Waals surface area contributed by atoms with E-state index in [0.717, 1.165) is 32.6 Å². The number of primary amides is 1. The molecular weight excluding hydrogens is 154 g/mol. The molecule has 1 saturated heterocycles. The number of hydrogen-bond donors (Lipinski definition) is 2. The maximum absolute atomic E-state index is 10.9. The zero-order valence-corrected chi connectivity index (χ0v) is 7.55. The first kappa shape index (κ1) is 9.48. The first-order valence-electron chi connectivity index (χ1n) is 4.46. The van der Waals surface area contributed by atoms with Crippen molar-refractivity contribution in [2.24, 2.45) is 5.73 Å². The summed E-state index contributed by atoms with van der Waals surface area (Å²) < 4.78 is 0. The van der Waals surface area contributed by atoms with Gasteiger partial charge >= 0.3 is 0 Å². The average molecular weight is 171 g/mol. The number of nitrogens with one attached hydrogen (secondary N) is 1. The maximum Gasteiger partial charge on any atom is 0.234 e. The lowest BCUT2D eigenvalue weighted by Gasteiger charge is -2.24. The zero-order valence-electron chi connectivity index (χ0n) is 7.55. The first-order valence-corrected chi connectivity index (χ1v) is 4.46. The minimum absolute atomic E-state index is 0.120. The van der Waals surface area contributed by atoms with Crippen molar-refractivity contribution < 1.29 is 4.79 Å². The van der Waals surface area contributed by atoms with E-state index < -0.39 is 0 Å². The molecule has 4 heteroatoms. The number of hydrogen-bond acceptors (Lipinski definition) is 3. The minimum Gasteiger partial charge on any atom is -0.368 e. The Morgan fingerprint density at radius 3 is 2.92 bits per heavy atom. The predicted octanol–water partition coefficient (Wildman–Crippen LogP) is -0.844. The van der Waals surface area contributed by atoms with Crippen LogP contribution in [-0.2, 0) is 4.79 Å². The quantitative estimate of drug-likeness (QED) is 0.569. The van der Waals surface area contributed by atoms with Crippen LogP contribution in [0.3, 0.4) is 0 Å². The van der Waals surface area contributed by atoms with Gasteiger partial charge in [-0.15, -0.1) is 0 Å². The van der Waals surface area contributed by atoms with Gasteiger partial charge < -0.3 is 11.1 Å². The van der Waals surface area contributed by atoms with Crippen molar-refractivity contribution in [2.45, 2.75) is 19.4 Å². The summed E-state index contributed by atoms with van der Waals surface area (Å²) in [4.78, 5) is 13.0. The van der Waals surface area contributed by atoms with Crippen LogP contribution in [0.5, 0.6) is 0 Å². The van der Waals surface area contributed by atoms with E-state index in [0.29, 0.717) is 0 Å². The average Bonchev–Trinajstić information content (AvgIpc) is 2.30. The molecule has 1 amide bonds. The fraction of sp³-hybridized carbons (Fsp3) is 0.875. The normalized spacial score (nSPS) is 23.1. The van der Waals surface area contributed by atoms with Crippen molar-refractivity contribution in [1.29, 1.82) is 0 Å². The van der Waals surface area contributed by atoms with Crippen molar-refractivity contribution in [3.8, 4) is 0 Å². The molecule has 70 valence electrons. The highest BCUT2D eigenvalue weighted by molar-refractivity contribution is 5.79. The fourth-order valence-corrected chi connectivity index (χ4v) is 1.43. The van der Waals surface area contributed by atoms with Crippen LogP contribution in [0.1, 0.15) is 13.3 Å². The number of amides is 1. The van der Waals surface area contributed by atoms with Gasteiger partial charge in [-0.1, -0.05) is 0 Å². The Labute approximate surface area is 73.1 Å². The van der Waals surface area contributed by atoms with Gasteiger partial charge in [-0.05, 0) is 19.9 Å². The lowest BCUT2D eigenvalue weighted by molar-refractivity contribution is -0.122. The van der Waals surface area contributed by atoms with Gasteiger partial charge in [0.1, 0.15) is 0 Å². The van der Waals surface area contributed by atoms with Crippen molar-refractivity contribution in [3.63, 3.8) is 0 Å². The molecule has 0 aromatic rings. The molecule has 3 N–H and O–H groups in total. The van der Waals surface area contributed by atoms with Crippen molar-refractivity contribution in [1.82, 2.24) is 10.2 Å². The summed E-state index contributed by atoms with van der Waals surface area (Å²) in [5.41, 5.74) is 5.22. The molecule has 0 aliphatic carbocycles. The third kappa shape index (κ3) is 2.46. The van der Waals surface area contributed by atoms with E-state index in [9.17, 15) is 4.79 Å². The fourth-order valence-electron chi connectivity index (χ4n) is 1.43. The maximum atomic E-state index is 10.9. The summed E-state index contributed by atoms with van der Waals surface area (Å²) in [7, 11) is 0. The van der Waals surface area contributed by atoms with E-state index in [2.05, 4.69) is 10.2 Å². The lowest BCUT2D eigenvalue weighted by Crippen LogP contribution is -2.44. The predicted molar refractivity (Wildman–Crippen MR) is 47.7 cm³/mol. The minimum atomic E-state index is -0.225. The standard InChI is InChI=1S/C8H17N3O/c1-7(8(9)12)11-5-2-3-10-4-6-11/h7,10H,2-6H2,1H3,(H2,9,12). The molecule has 1 aliphatic rings. The van der Waals surface area contributed by atoms with Crippen LogP contribution in [0.25, 0.3) is 0 Å². The van der Waals surface area contributed by atoms with Crippen LogP contribution in [0, 0.1) is 0 Å². The van der Waals surface area contributed by atoms with Crippen LogP contribution in [0.4, 0.5) is 0 Å². The van der Waals surface area contributed by atoms with Gasteiger partial charge in [0, 0.05) is 19.6 Å². The molecule has 0 radical (unpaired) electrons. The summed E-state index contributed by atoms with van der Waals surface area (Å²) in [5.74, 6) is -0.225. The largest absolute Gasteiger partial charge is 0.368 e. The van der Waals surface area contributed by atoms with E-state index in [4.69, 9.17) is 5.73 Å². The first-order chi connectivity index (χ1) is 5.72. The molecule has 1 rings (SSSR count). The van der Waals surface area contributed by atoms with Crippen LogP contribution < -0.4 is 11.1 Å². The molecule has 1 atom stereocenters. The third-order valence-corrected chi connectivity index (χ3v) is 2.33. The van der Waals surface area contributed by atoms with Crippen molar-refractivity contribution in [3.05, 3.63) is 0 Å². The molecule has 0 spiro atoms. The SMILES string of the molecule is CC(C(N)=O)N1CCCNCC1. The Morgan fingerprint density at radius 2 is 2.25 bits per heavy atom. The van der Waals surface area contributed by atoms with E-state index in [1.165, 1.54) is 0 Å². The number of carbonyl (C=O) groups excluding carboxylic acids is 1. The second kappa shape index (κ2) is 4.42. The number of nitrogens with zero attached hydrogens (tertiary/aromatic N) is 1. The lowest BCUT2D eigenvalue weighted by atomic mass is 10.2. The van der Waals surface area contributed by atoms with Crippen LogP contribution in [-0.4, -0.2) is 43.0 Å². The molecular formula is C8H17N3O. The number of rotatable bonds is 2. The van der Waals surface area contributed by atoms with E-state index in [1.807, 2.05) is 6.92 Å². The van der Waals surface area contributed by atoms with Gasteiger partial charge in [-0.25, -0.2) is 0 Å². The summed E-state index contributed by atoms with van der Waals surface area (Å²) in [6.07, 6.45) is 1.09. The van der Waals surface area contributed by atoms with Gasteiger partial charge in [0.05, 0.1) is 6.04 Å². The van der Waals surface area contributed by atoms with Crippen LogP contribution in [0.15, 0.2) is 0 Å². The molecule has 4 nitrogen and oxygen atoms in total. The van der Waals surface area contributed by atoms with E-state index >= 15 is 0 Å². The highest BCUT2D eigenvalue weighted by Gasteiger charge is 2.18. The molecule has 0 saturated carbocycles. The Balaban J connectivity index is 2.42. The van der Waals surface area contributed by atoms with Crippen molar-refractivity contribution >= 4 is 5.91 Å². The number of nitrogens with two attached hydrogens (primary N) is 1. The van der Waals surface area contributed by atoms with Crippen LogP contribution >= 0.6 is 0 Å². The molecule has 1 unspecified atom stereocenters. The molecule has 1 fully saturated rings.